The summed E-state index contributed by atoms with van der Waals surface area (Å²) in [6.07, 6.45) is 17.4. The highest BCUT2D eigenvalue weighted by Crippen LogP contribution is 2.32. The minimum atomic E-state index is -6.09. The molecule has 0 unspecified atom stereocenters. The number of hydrogen-bond acceptors (Lipinski definition) is 21. The lowest BCUT2D eigenvalue weighted by molar-refractivity contribution is -0.778. The van der Waals surface area contributed by atoms with Crippen LogP contribution in [0.15, 0.2) is 219 Å². The van der Waals surface area contributed by atoms with Crippen molar-refractivity contribution in [3.05, 3.63) is 247 Å². The normalized spacial score (nSPS) is 14.1. The molecule has 0 bridgehead atoms. The summed E-state index contributed by atoms with van der Waals surface area (Å²) in [4.78, 5) is 0. The number of para-hydroxylation sites is 3. The Labute approximate surface area is 687 Å². The van der Waals surface area contributed by atoms with Gasteiger partial charge in [-0.2, -0.15) is 61.8 Å². The van der Waals surface area contributed by atoms with E-state index in [1.165, 1.54) is 44.5 Å². The summed E-state index contributed by atoms with van der Waals surface area (Å²) in [5.74, 6) is 3.42. The Morgan fingerprint density at radius 1 is 0.308 bits per heavy atom. The van der Waals surface area contributed by atoms with E-state index in [4.69, 9.17) is 94.5 Å². The van der Waals surface area contributed by atoms with Gasteiger partial charge in [0.2, 0.25) is 13.1 Å². The average Bonchev–Trinajstić information content (AvgIpc) is 0.870. The SMILES string of the molecule is CC(C)(C)c1ccc(C[n+]2ccc(-c3cc[n+](CC[n+]4ccc(-c5cc[n+](Cc6ccc(C(C)(C)C)cc6)cc5)cc4)cc3)cc2)cc1.O=S(=O)([O-])C(F)(F)F.O=S(=O)([O-])C(F)(F)F.O=S(=O)([O-])C(F)(F)F.O=S(=O)([O-])C(F)(F)F.c1ccc(OCc2ccc3c(c2)OCCOCCOCCOc2ccccc2OCCOCCOCCO3)cc1. The van der Waals surface area contributed by atoms with E-state index in [1.807, 2.05) is 72.8 Å². The van der Waals surface area contributed by atoms with E-state index in [0.717, 1.165) is 37.5 Å². The molecule has 0 N–H and O–H groups in total. The quantitative estimate of drug-likeness (QED) is 0.0474. The fraction of sp³-hybridized carbons (Fsp3) is 0.367. The zero-order valence-electron chi connectivity index (χ0n) is 65.3. The first-order valence-electron chi connectivity index (χ1n) is 35.8. The molecule has 0 spiro atoms. The molecule has 0 saturated heterocycles. The van der Waals surface area contributed by atoms with Crippen LogP contribution in [0.2, 0.25) is 0 Å². The van der Waals surface area contributed by atoms with E-state index < -0.39 is 62.5 Å². The van der Waals surface area contributed by atoms with Crippen molar-refractivity contribution in [3.63, 3.8) is 0 Å². The lowest BCUT2D eigenvalue weighted by atomic mass is 9.87. The summed E-state index contributed by atoms with van der Waals surface area (Å²) >= 11 is 0. The highest BCUT2D eigenvalue weighted by Gasteiger charge is 2.39. The summed E-state index contributed by atoms with van der Waals surface area (Å²) in [6, 6.07) is 58.7. The molecule has 0 aliphatic carbocycles. The highest BCUT2D eigenvalue weighted by atomic mass is 32.2. The highest BCUT2D eigenvalue weighted by molar-refractivity contribution is 7.87. The average molecular weight is 1790 g/mol. The third kappa shape index (κ3) is 37.5. The van der Waals surface area contributed by atoms with Crippen LogP contribution in [-0.4, -0.2) is 153 Å². The third-order valence-corrected chi connectivity index (χ3v) is 18.3. The number of ether oxygens (including phenoxy) is 9. The first kappa shape index (κ1) is 101. The lowest BCUT2D eigenvalue weighted by Crippen LogP contribution is -2.43. The smallest absolute Gasteiger partial charge is 0.485 e. The molecule has 120 heavy (non-hydrogen) atoms. The minimum Gasteiger partial charge on any atom is -0.741 e. The fourth-order valence-electron chi connectivity index (χ4n) is 9.71. The van der Waals surface area contributed by atoms with Gasteiger partial charge in [-0.3, -0.25) is 0 Å². The Bertz CT molecular complexity index is 4720. The maximum atomic E-state index is 10.7. The van der Waals surface area contributed by atoms with Gasteiger partial charge in [0.05, 0.1) is 52.9 Å². The molecule has 1 aliphatic rings. The van der Waals surface area contributed by atoms with Crippen LogP contribution in [0.3, 0.4) is 0 Å². The molecular weight excluding hydrogens is 1700 g/mol. The van der Waals surface area contributed by atoms with Crippen molar-refractivity contribution >= 4 is 40.5 Å². The van der Waals surface area contributed by atoms with Gasteiger partial charge < -0.3 is 60.8 Å². The molecule has 10 rings (SSSR count). The van der Waals surface area contributed by atoms with E-state index in [2.05, 4.69) is 206 Å². The molecule has 0 amide bonds. The molecule has 0 atom stereocenters. The van der Waals surface area contributed by atoms with E-state index in [0.29, 0.717) is 109 Å². The molecule has 9 aromatic rings. The van der Waals surface area contributed by atoms with Gasteiger partial charge in [-0.25, -0.2) is 42.8 Å². The van der Waals surface area contributed by atoms with Gasteiger partial charge in [0, 0.05) is 59.7 Å². The van der Waals surface area contributed by atoms with E-state index in [1.54, 1.807) is 0 Å². The van der Waals surface area contributed by atoms with Crippen LogP contribution >= 0.6 is 0 Å². The van der Waals surface area contributed by atoms with Crippen LogP contribution in [-0.2, 0) is 103 Å². The molecule has 0 radical (unpaired) electrons. The van der Waals surface area contributed by atoms with Crippen molar-refractivity contribution < 1.29 is 165 Å². The Kier molecular flexibility index (Phi) is 39.0. The molecule has 658 valence electrons. The topological polar surface area (TPSA) is 327 Å². The number of fused-ring (bicyclic) bond motifs is 2. The van der Waals surface area contributed by atoms with Crippen LogP contribution in [0.1, 0.15) is 69.4 Å². The first-order valence-corrected chi connectivity index (χ1v) is 41.5. The number of benzene rings is 5. The van der Waals surface area contributed by atoms with Crippen LogP contribution < -0.4 is 42.0 Å². The van der Waals surface area contributed by atoms with E-state index >= 15 is 0 Å². The zero-order chi connectivity index (χ0) is 89.2. The number of halogens is 12. The summed E-state index contributed by atoms with van der Waals surface area (Å²) in [5.41, 5.74) is -11.0. The first-order chi connectivity index (χ1) is 55.9. The minimum absolute atomic E-state index is 0.181. The third-order valence-electron chi connectivity index (χ3n) is 16.0. The van der Waals surface area contributed by atoms with Crippen LogP contribution in [0.25, 0.3) is 22.3 Å². The monoisotopic (exact) mass is 1780 g/mol. The molecule has 0 saturated carbocycles. The van der Waals surface area contributed by atoms with Gasteiger partial charge in [0.25, 0.3) is 0 Å². The van der Waals surface area contributed by atoms with Gasteiger partial charge in [-0.05, 0) is 86.2 Å². The van der Waals surface area contributed by atoms with Crippen molar-refractivity contribution in [2.24, 2.45) is 0 Å². The van der Waals surface area contributed by atoms with Crippen molar-refractivity contribution in [2.75, 3.05) is 79.3 Å². The standard InChI is InChI=1S/C44H50N4.C31H38O9.4CHF3O3S/c1-43(2,3)41-11-7-35(8-12-41)33-47-27-19-39(20-28-47)37-15-23-45(24-16-37)31-32-46-25-17-38(18-26-46)40-21-29-48(30-22-40)34-36-9-13-42(14-10-36)44(4,5)6;1-2-6-27(7-3-1)40-25-26-10-11-30-31(24-26)39-23-19-35-15-14-33-17-21-37-29-9-5-4-8-28(29)36-20-16-32-12-13-34-18-22-38-30;4*2-1(3,4)8(5,6)7/h7-30H,31-34H2,1-6H3;1-11,24H,12-23,25H2;4*(H,5,6,7)/q+4;;;;;/p-4. The number of hydrogen-bond donors (Lipinski definition) is 0. The molecule has 25 nitrogen and oxygen atoms in total. The fourth-order valence-corrected chi connectivity index (χ4v) is 9.71. The van der Waals surface area contributed by atoms with Crippen molar-refractivity contribution in [1.82, 2.24) is 0 Å². The lowest BCUT2D eigenvalue weighted by Gasteiger charge is -2.18. The second kappa shape index (κ2) is 46.4. The zero-order valence-corrected chi connectivity index (χ0v) is 68.6. The molecule has 1 aliphatic heterocycles. The number of aromatic nitrogens is 4. The number of aryl methyl sites for hydroxylation is 2. The van der Waals surface area contributed by atoms with E-state index in [9.17, 15) is 52.7 Å². The van der Waals surface area contributed by atoms with E-state index in [-0.39, 0.29) is 10.8 Å². The summed E-state index contributed by atoms with van der Waals surface area (Å²) in [6.45, 7) is 22.6. The van der Waals surface area contributed by atoms with Crippen molar-refractivity contribution in [3.8, 4) is 51.0 Å². The van der Waals surface area contributed by atoms with Crippen molar-refractivity contribution in [2.45, 2.75) is 107 Å². The summed E-state index contributed by atoms with van der Waals surface area (Å²) in [5, 5.41) is 0. The van der Waals surface area contributed by atoms with Gasteiger partial charge in [0.1, 0.15) is 38.8 Å². The second-order valence-electron chi connectivity index (χ2n) is 27.3. The predicted octanol–water partition coefficient (Wildman–Crippen LogP) is 12.3. The van der Waals surface area contributed by atoms with Gasteiger partial charge in [-0.15, -0.1) is 0 Å². The van der Waals surface area contributed by atoms with Crippen LogP contribution in [0, 0.1) is 0 Å². The number of rotatable bonds is 12. The molecule has 5 heterocycles. The van der Waals surface area contributed by atoms with Gasteiger partial charge in [-0.1, -0.05) is 126 Å². The Morgan fingerprint density at radius 3 is 0.825 bits per heavy atom. The Balaban J connectivity index is 0.000000315. The number of pyridine rings is 4. The Morgan fingerprint density at radius 2 is 0.550 bits per heavy atom. The second-order valence-corrected chi connectivity index (χ2v) is 32.8. The number of alkyl halides is 12. The van der Waals surface area contributed by atoms with Crippen LogP contribution in [0.5, 0.6) is 28.7 Å². The summed E-state index contributed by atoms with van der Waals surface area (Å²) in [7, 11) is -24.4. The van der Waals surface area contributed by atoms with Gasteiger partial charge >= 0.3 is 22.0 Å². The van der Waals surface area contributed by atoms with Crippen LogP contribution in [0.4, 0.5) is 52.7 Å². The van der Waals surface area contributed by atoms with Crippen molar-refractivity contribution in [1.29, 1.82) is 0 Å². The molecule has 0 fully saturated rings. The largest absolute Gasteiger partial charge is 0.741 e. The maximum absolute atomic E-state index is 10.7. The van der Waals surface area contributed by atoms with Gasteiger partial charge in [0.15, 0.2) is 126 Å². The molecular formula is C79H88F12N4O21S4. The maximum Gasteiger partial charge on any atom is 0.485 e. The Hall–Kier alpha value is -9.66. The molecule has 41 heteroatoms. The number of nitrogens with zero attached hydrogens (tertiary/aromatic N) is 4. The molecule has 5 aromatic carbocycles. The molecule has 4 aromatic heterocycles. The predicted molar refractivity (Wildman–Crippen MR) is 405 cm³/mol. The summed E-state index contributed by atoms with van der Waals surface area (Å²) < 4.78 is 297.